The van der Waals surface area contributed by atoms with Gasteiger partial charge in [0.05, 0.1) is 22.8 Å². The van der Waals surface area contributed by atoms with Gasteiger partial charge in [-0.2, -0.15) is 5.26 Å². The molecule has 0 bridgehead atoms. The maximum Gasteiger partial charge on any atom is 0.195 e. The summed E-state index contributed by atoms with van der Waals surface area (Å²) in [6.45, 7) is 2.02. The van der Waals surface area contributed by atoms with E-state index in [0.29, 0.717) is 27.8 Å². The quantitative estimate of drug-likeness (QED) is 0.238. The fraction of sp³-hybridized carbons (Fsp3) is 0.360. The number of halogens is 3. The van der Waals surface area contributed by atoms with Crippen LogP contribution in [0, 0.1) is 24.2 Å². The van der Waals surface area contributed by atoms with E-state index >= 15 is 0 Å². The van der Waals surface area contributed by atoms with Crippen LogP contribution in [0.2, 0.25) is 10.0 Å². The third-order valence-corrected chi connectivity index (χ3v) is 8.04. The van der Waals surface area contributed by atoms with Gasteiger partial charge in [-0.25, -0.2) is 0 Å². The summed E-state index contributed by atoms with van der Waals surface area (Å²) in [6, 6.07) is 11.8. The van der Waals surface area contributed by atoms with Crippen molar-refractivity contribution >= 4 is 60.5 Å². The second-order valence-electron chi connectivity index (χ2n) is 8.44. The van der Waals surface area contributed by atoms with Gasteiger partial charge in [-0.15, -0.1) is 0 Å². The van der Waals surface area contributed by atoms with Crippen molar-refractivity contribution in [3.8, 4) is 11.8 Å². The summed E-state index contributed by atoms with van der Waals surface area (Å²) in [7, 11) is 1.99. The first kappa shape index (κ1) is 23.4. The number of ether oxygens (including phenoxy) is 1. The van der Waals surface area contributed by atoms with Crippen molar-refractivity contribution in [3.05, 3.63) is 62.8 Å². The number of rotatable bonds is 5. The van der Waals surface area contributed by atoms with Gasteiger partial charge in [-0.05, 0) is 96.7 Å². The molecule has 4 nitrogen and oxygen atoms in total. The number of carbonyl (C=O) groups excluding carboxylic acids is 1. The normalized spacial score (nSPS) is 18.5. The molecule has 1 saturated carbocycles. The lowest BCUT2D eigenvalue weighted by Crippen LogP contribution is -2.26. The first-order valence-corrected chi connectivity index (χ1v) is 12.4. The van der Waals surface area contributed by atoms with Crippen LogP contribution < -0.4 is 4.74 Å². The molecule has 0 radical (unpaired) electrons. The van der Waals surface area contributed by atoms with Crippen molar-refractivity contribution in [2.45, 2.75) is 45.1 Å². The zero-order valence-electron chi connectivity index (χ0n) is 17.9. The lowest BCUT2D eigenvalue weighted by molar-refractivity contribution is -0.114. The SMILES string of the molecule is Cc1cc(C#N)cc2c1cc(Cc1c(Cl)ccc(O[C@H]3CC[C@H](C(=O)I)CC3)c1Cl)n2C. The van der Waals surface area contributed by atoms with Crippen molar-refractivity contribution in [1.29, 1.82) is 5.26 Å². The highest BCUT2D eigenvalue weighted by atomic mass is 127. The Morgan fingerprint density at radius 3 is 2.59 bits per heavy atom. The third kappa shape index (κ3) is 4.64. The molecule has 0 unspecified atom stereocenters. The number of fused-ring (bicyclic) bond motifs is 1. The van der Waals surface area contributed by atoms with Gasteiger partial charge >= 0.3 is 0 Å². The molecule has 2 aromatic carbocycles. The number of aromatic nitrogens is 1. The lowest BCUT2D eigenvalue weighted by Gasteiger charge is -2.28. The highest BCUT2D eigenvalue weighted by molar-refractivity contribution is 14.1. The topological polar surface area (TPSA) is 55.0 Å². The van der Waals surface area contributed by atoms with Crippen LogP contribution in [0.25, 0.3) is 10.9 Å². The van der Waals surface area contributed by atoms with E-state index in [-0.39, 0.29) is 15.8 Å². The Bertz CT molecular complexity index is 1240. The van der Waals surface area contributed by atoms with E-state index in [9.17, 15) is 10.1 Å². The van der Waals surface area contributed by atoms with Crippen molar-refractivity contribution < 1.29 is 9.53 Å². The summed E-state index contributed by atoms with van der Waals surface area (Å²) in [5.41, 5.74) is 4.60. The van der Waals surface area contributed by atoms with Gasteiger partial charge < -0.3 is 9.30 Å². The van der Waals surface area contributed by atoms with Gasteiger partial charge in [0.1, 0.15) is 5.75 Å². The number of carbonyl (C=O) groups is 1. The molecule has 3 aromatic rings. The number of aryl methyl sites for hydroxylation is 2. The Morgan fingerprint density at radius 1 is 1.22 bits per heavy atom. The van der Waals surface area contributed by atoms with Crippen LogP contribution in [0.1, 0.15) is 48.1 Å². The first-order valence-electron chi connectivity index (χ1n) is 10.6. The Morgan fingerprint density at radius 2 is 1.94 bits per heavy atom. The van der Waals surface area contributed by atoms with Gasteiger partial charge in [0.25, 0.3) is 0 Å². The molecule has 1 aromatic heterocycles. The van der Waals surface area contributed by atoms with E-state index in [1.54, 1.807) is 0 Å². The minimum absolute atomic E-state index is 0.0539. The van der Waals surface area contributed by atoms with E-state index in [4.69, 9.17) is 27.9 Å². The molecule has 1 fully saturated rings. The minimum atomic E-state index is 0.0539. The van der Waals surface area contributed by atoms with Crippen LogP contribution in [0.4, 0.5) is 0 Å². The van der Waals surface area contributed by atoms with Gasteiger partial charge in [0, 0.05) is 41.0 Å². The molecule has 7 heteroatoms. The standard InChI is InChI=1S/C25H23Cl2IN2O2/c1-14-9-15(13-29)10-22-19(14)11-17(30(22)2)12-20-21(26)7-8-23(24(20)27)32-18-5-3-16(4-6-18)25(28)31/h7-11,16,18H,3-6,12H2,1-2H3/t16-,18-. The van der Waals surface area contributed by atoms with Crippen molar-refractivity contribution in [1.82, 2.24) is 4.57 Å². The molecule has 0 aliphatic heterocycles. The third-order valence-electron chi connectivity index (χ3n) is 6.39. The smallest absolute Gasteiger partial charge is 0.195 e. The molecule has 0 spiro atoms. The van der Waals surface area contributed by atoms with Crippen LogP contribution in [0.15, 0.2) is 30.3 Å². The maximum atomic E-state index is 11.6. The Hall–Kier alpha value is -1.75. The summed E-state index contributed by atoms with van der Waals surface area (Å²) in [5.74, 6) is 0.778. The molecule has 1 aliphatic carbocycles. The molecule has 1 aliphatic rings. The number of nitriles is 1. The Kier molecular flexibility index (Phi) is 7.04. The zero-order chi connectivity index (χ0) is 23.0. The second-order valence-corrected chi connectivity index (χ2v) is 10.3. The van der Waals surface area contributed by atoms with Crippen molar-refractivity contribution in [2.24, 2.45) is 13.0 Å². The zero-order valence-corrected chi connectivity index (χ0v) is 21.6. The summed E-state index contributed by atoms with van der Waals surface area (Å²) >= 11 is 15.2. The van der Waals surface area contributed by atoms with E-state index in [1.807, 2.05) is 60.8 Å². The number of nitrogens with zero attached hydrogens (tertiary/aromatic N) is 2. The highest BCUT2D eigenvalue weighted by Crippen LogP contribution is 2.38. The summed E-state index contributed by atoms with van der Waals surface area (Å²) < 4.78 is 8.56. The predicted octanol–water partition coefficient (Wildman–Crippen LogP) is 7.16. The molecule has 1 heterocycles. The Balaban J connectivity index is 1.60. The molecular weight excluding hydrogens is 558 g/mol. The monoisotopic (exact) mass is 580 g/mol. The first-order chi connectivity index (χ1) is 15.3. The average Bonchev–Trinajstić information content (AvgIpc) is 3.09. The molecular formula is C25H23Cl2IN2O2. The van der Waals surface area contributed by atoms with E-state index < -0.39 is 0 Å². The van der Waals surface area contributed by atoms with E-state index in [2.05, 4.69) is 16.7 Å². The van der Waals surface area contributed by atoms with Gasteiger partial charge in [0.15, 0.2) is 3.79 Å². The average molecular weight is 581 g/mol. The number of hydrogen-bond donors (Lipinski definition) is 0. The van der Waals surface area contributed by atoms with Gasteiger partial charge in [-0.1, -0.05) is 23.2 Å². The van der Waals surface area contributed by atoms with E-state index in [0.717, 1.165) is 53.4 Å². The predicted molar refractivity (Wildman–Crippen MR) is 137 cm³/mol. The largest absolute Gasteiger partial charge is 0.489 e. The fourth-order valence-corrected chi connectivity index (χ4v) is 5.67. The van der Waals surface area contributed by atoms with Crippen LogP contribution >= 0.6 is 45.8 Å². The maximum absolute atomic E-state index is 11.6. The lowest BCUT2D eigenvalue weighted by atomic mass is 9.88. The molecule has 4 rings (SSSR count). The van der Waals surface area contributed by atoms with Gasteiger partial charge in [-0.3, -0.25) is 4.79 Å². The van der Waals surface area contributed by atoms with Crippen LogP contribution in [-0.4, -0.2) is 14.5 Å². The van der Waals surface area contributed by atoms with Crippen molar-refractivity contribution in [3.63, 3.8) is 0 Å². The molecule has 0 amide bonds. The van der Waals surface area contributed by atoms with Crippen molar-refractivity contribution in [2.75, 3.05) is 0 Å². The summed E-state index contributed by atoms with van der Waals surface area (Å²) in [4.78, 5) is 11.6. The van der Waals surface area contributed by atoms with Crippen LogP contribution in [0.3, 0.4) is 0 Å². The molecule has 32 heavy (non-hydrogen) atoms. The second kappa shape index (κ2) is 9.62. The highest BCUT2D eigenvalue weighted by Gasteiger charge is 2.27. The number of benzene rings is 2. The van der Waals surface area contributed by atoms with Crippen LogP contribution in [0.5, 0.6) is 5.75 Å². The minimum Gasteiger partial charge on any atom is -0.489 e. The Labute approximate surface area is 211 Å². The van der Waals surface area contributed by atoms with E-state index in [1.165, 1.54) is 0 Å². The summed E-state index contributed by atoms with van der Waals surface area (Å²) in [5, 5.41) is 11.6. The van der Waals surface area contributed by atoms with Crippen LogP contribution in [-0.2, 0) is 18.3 Å². The molecule has 0 N–H and O–H groups in total. The summed E-state index contributed by atoms with van der Waals surface area (Å²) in [6.07, 6.45) is 4.00. The fourth-order valence-electron chi connectivity index (χ4n) is 4.49. The number of hydrogen-bond acceptors (Lipinski definition) is 3. The molecule has 0 saturated heterocycles. The van der Waals surface area contributed by atoms with Gasteiger partial charge in [0.2, 0.25) is 0 Å². The molecule has 166 valence electrons. The molecule has 0 atom stereocenters.